The van der Waals surface area contributed by atoms with Crippen molar-refractivity contribution in [2.24, 2.45) is 0 Å². The number of nitrogens with zero attached hydrogens (tertiary/aromatic N) is 4. The summed E-state index contributed by atoms with van der Waals surface area (Å²) >= 11 is 0. The molecular weight excluding hydrogens is 432 g/mol. The predicted molar refractivity (Wildman–Crippen MR) is 130 cm³/mol. The highest BCUT2D eigenvalue weighted by molar-refractivity contribution is 5.78. The van der Waals surface area contributed by atoms with Gasteiger partial charge in [-0.2, -0.15) is 0 Å². The standard InChI is InChI=1S/C25H24N6O3/c1-32-22-13-18(2-3-19(22)16-4-9-33-10-5-16)29-23-24-27-6-8-31(24)15-21(30-23)17-12-20-25(28-14-17)34-11-7-26-20/h2-4,6,8,12-15,26H,5,7,9-11H2,1H3,(H,29,30). The third-order valence-corrected chi connectivity index (χ3v) is 5.95. The number of methoxy groups -OCH3 is 1. The second-order valence-electron chi connectivity index (χ2n) is 8.08. The minimum atomic E-state index is 0.611. The van der Waals surface area contributed by atoms with E-state index < -0.39 is 0 Å². The third kappa shape index (κ3) is 3.80. The second kappa shape index (κ2) is 8.68. The number of rotatable bonds is 5. The quantitative estimate of drug-likeness (QED) is 0.463. The average molecular weight is 457 g/mol. The van der Waals surface area contributed by atoms with E-state index in [1.807, 2.05) is 35.0 Å². The molecular formula is C25H24N6O3. The van der Waals surface area contributed by atoms with Crippen LogP contribution in [0.15, 0.2) is 55.1 Å². The molecule has 0 unspecified atom stereocenters. The Morgan fingerprint density at radius 1 is 1.18 bits per heavy atom. The highest BCUT2D eigenvalue weighted by Crippen LogP contribution is 2.34. The summed E-state index contributed by atoms with van der Waals surface area (Å²) in [6.45, 7) is 2.72. The monoisotopic (exact) mass is 456 g/mol. The number of hydrogen-bond donors (Lipinski definition) is 2. The molecule has 4 aromatic rings. The fourth-order valence-corrected chi connectivity index (χ4v) is 4.26. The molecule has 5 heterocycles. The van der Waals surface area contributed by atoms with E-state index >= 15 is 0 Å². The first kappa shape index (κ1) is 20.5. The molecule has 1 aromatic carbocycles. The zero-order chi connectivity index (χ0) is 22.9. The van der Waals surface area contributed by atoms with Crippen molar-refractivity contribution in [3.8, 4) is 22.9 Å². The van der Waals surface area contributed by atoms with E-state index in [4.69, 9.17) is 19.2 Å². The van der Waals surface area contributed by atoms with Crippen LogP contribution >= 0.6 is 0 Å². The van der Waals surface area contributed by atoms with Crippen LogP contribution in [-0.4, -0.2) is 52.8 Å². The van der Waals surface area contributed by atoms with Gasteiger partial charge in [0.15, 0.2) is 11.5 Å². The van der Waals surface area contributed by atoms with Gasteiger partial charge in [-0.25, -0.2) is 15.0 Å². The highest BCUT2D eigenvalue weighted by Gasteiger charge is 2.16. The van der Waals surface area contributed by atoms with Gasteiger partial charge in [0.25, 0.3) is 0 Å². The van der Waals surface area contributed by atoms with Crippen LogP contribution in [0.5, 0.6) is 11.6 Å². The van der Waals surface area contributed by atoms with Gasteiger partial charge in [0.2, 0.25) is 5.88 Å². The zero-order valence-corrected chi connectivity index (χ0v) is 18.7. The Morgan fingerprint density at radius 2 is 2.15 bits per heavy atom. The Labute approximate surface area is 196 Å². The van der Waals surface area contributed by atoms with Gasteiger partial charge in [-0.3, -0.25) is 0 Å². The first-order valence-corrected chi connectivity index (χ1v) is 11.2. The van der Waals surface area contributed by atoms with E-state index in [0.29, 0.717) is 24.9 Å². The first-order valence-electron chi connectivity index (χ1n) is 11.2. The molecule has 3 aromatic heterocycles. The van der Waals surface area contributed by atoms with Crippen molar-refractivity contribution in [2.75, 3.05) is 44.1 Å². The van der Waals surface area contributed by atoms with E-state index in [2.05, 4.69) is 32.7 Å². The van der Waals surface area contributed by atoms with Gasteiger partial charge in [-0.15, -0.1) is 0 Å². The topological polar surface area (TPSA) is 94.8 Å². The van der Waals surface area contributed by atoms with E-state index in [9.17, 15) is 0 Å². The fraction of sp³-hybridized carbons (Fsp3) is 0.240. The molecule has 0 spiro atoms. The molecule has 2 N–H and O–H groups in total. The van der Waals surface area contributed by atoms with Crippen molar-refractivity contribution in [1.82, 2.24) is 19.4 Å². The summed E-state index contributed by atoms with van der Waals surface area (Å²) < 4.78 is 18.7. The number of hydrogen-bond acceptors (Lipinski definition) is 8. The number of benzene rings is 1. The summed E-state index contributed by atoms with van der Waals surface area (Å²) in [5.41, 5.74) is 6.43. The second-order valence-corrected chi connectivity index (χ2v) is 8.08. The fourth-order valence-electron chi connectivity index (χ4n) is 4.26. The van der Waals surface area contributed by atoms with E-state index in [-0.39, 0.29) is 0 Å². The van der Waals surface area contributed by atoms with Crippen molar-refractivity contribution in [3.63, 3.8) is 0 Å². The molecule has 9 nitrogen and oxygen atoms in total. The maximum absolute atomic E-state index is 5.71. The molecule has 0 aliphatic carbocycles. The summed E-state index contributed by atoms with van der Waals surface area (Å²) in [5, 5.41) is 6.76. The number of nitrogens with one attached hydrogen (secondary N) is 2. The molecule has 0 atom stereocenters. The molecule has 172 valence electrons. The Morgan fingerprint density at radius 3 is 3.03 bits per heavy atom. The van der Waals surface area contributed by atoms with Crippen molar-refractivity contribution in [2.45, 2.75) is 6.42 Å². The van der Waals surface area contributed by atoms with Gasteiger partial charge < -0.3 is 29.2 Å². The van der Waals surface area contributed by atoms with Gasteiger partial charge in [0, 0.05) is 54.2 Å². The molecule has 2 aliphatic heterocycles. The Hall–Kier alpha value is -4.11. The van der Waals surface area contributed by atoms with Gasteiger partial charge in [0.1, 0.15) is 12.4 Å². The SMILES string of the molecule is COc1cc(Nc2nc(-c3cnc4c(c3)NCCO4)cn3ccnc23)ccc1C1=CCOCC1. The lowest BCUT2D eigenvalue weighted by atomic mass is 10.00. The van der Waals surface area contributed by atoms with Gasteiger partial charge in [-0.1, -0.05) is 6.08 Å². The van der Waals surface area contributed by atoms with Crippen LogP contribution in [-0.2, 0) is 4.74 Å². The summed E-state index contributed by atoms with van der Waals surface area (Å²) in [4.78, 5) is 13.8. The number of imidazole rings is 1. The van der Waals surface area contributed by atoms with Crippen LogP contribution in [0.2, 0.25) is 0 Å². The lowest BCUT2D eigenvalue weighted by Crippen LogP contribution is -2.18. The Bertz CT molecular complexity index is 1400. The molecule has 0 saturated carbocycles. The number of anilines is 3. The van der Waals surface area contributed by atoms with Crippen LogP contribution in [0.3, 0.4) is 0 Å². The normalized spacial score (nSPS) is 15.1. The molecule has 9 heteroatoms. The minimum absolute atomic E-state index is 0.611. The van der Waals surface area contributed by atoms with Crippen molar-refractivity contribution in [1.29, 1.82) is 0 Å². The van der Waals surface area contributed by atoms with Crippen molar-refractivity contribution >= 4 is 28.4 Å². The van der Waals surface area contributed by atoms with E-state index in [0.717, 1.165) is 59.2 Å². The third-order valence-electron chi connectivity index (χ3n) is 5.95. The van der Waals surface area contributed by atoms with Crippen LogP contribution in [0.1, 0.15) is 12.0 Å². The van der Waals surface area contributed by atoms with E-state index in [1.54, 1.807) is 19.5 Å². The molecule has 2 aliphatic rings. The van der Waals surface area contributed by atoms with Crippen LogP contribution in [0.25, 0.3) is 22.5 Å². The molecule has 6 rings (SSSR count). The lowest BCUT2D eigenvalue weighted by molar-refractivity contribution is 0.161. The largest absolute Gasteiger partial charge is 0.496 e. The van der Waals surface area contributed by atoms with Crippen molar-refractivity contribution < 1.29 is 14.2 Å². The first-order chi connectivity index (χ1) is 16.8. The van der Waals surface area contributed by atoms with E-state index in [1.165, 1.54) is 5.57 Å². The van der Waals surface area contributed by atoms with Gasteiger partial charge in [0.05, 0.1) is 31.7 Å². The molecule has 0 bridgehead atoms. The van der Waals surface area contributed by atoms with Crippen LogP contribution in [0.4, 0.5) is 17.2 Å². The lowest BCUT2D eigenvalue weighted by Gasteiger charge is -2.19. The minimum Gasteiger partial charge on any atom is -0.496 e. The molecule has 34 heavy (non-hydrogen) atoms. The van der Waals surface area contributed by atoms with Gasteiger partial charge >= 0.3 is 0 Å². The van der Waals surface area contributed by atoms with Gasteiger partial charge in [-0.05, 0) is 30.2 Å². The Balaban J connectivity index is 1.36. The summed E-state index contributed by atoms with van der Waals surface area (Å²) in [7, 11) is 1.69. The zero-order valence-electron chi connectivity index (χ0n) is 18.7. The summed E-state index contributed by atoms with van der Waals surface area (Å²) in [6.07, 6.45) is 10.4. The maximum Gasteiger partial charge on any atom is 0.237 e. The maximum atomic E-state index is 5.71. The van der Waals surface area contributed by atoms with Crippen LogP contribution in [0, 0.1) is 0 Å². The molecule has 0 saturated heterocycles. The number of ether oxygens (including phenoxy) is 3. The summed E-state index contributed by atoms with van der Waals surface area (Å²) in [6, 6.07) is 8.10. The number of aromatic nitrogens is 4. The predicted octanol–water partition coefficient (Wildman–Crippen LogP) is 4.15. The molecule has 0 fully saturated rings. The average Bonchev–Trinajstić information content (AvgIpc) is 3.38. The molecule has 0 radical (unpaired) electrons. The van der Waals surface area contributed by atoms with Crippen molar-refractivity contribution in [3.05, 3.63) is 60.7 Å². The smallest absolute Gasteiger partial charge is 0.237 e. The number of pyridine rings is 1. The number of fused-ring (bicyclic) bond motifs is 2. The molecule has 0 amide bonds. The highest BCUT2D eigenvalue weighted by atomic mass is 16.5. The summed E-state index contributed by atoms with van der Waals surface area (Å²) in [5.74, 6) is 2.06. The Kier molecular flexibility index (Phi) is 5.23. The van der Waals surface area contributed by atoms with Crippen LogP contribution < -0.4 is 20.1 Å².